The highest BCUT2D eigenvalue weighted by molar-refractivity contribution is 5.15. The molecule has 1 aliphatic rings. The second kappa shape index (κ2) is 5.48. The average molecular weight is 249 g/mol. The van der Waals surface area contributed by atoms with E-state index in [1.165, 1.54) is 5.56 Å². The van der Waals surface area contributed by atoms with Crippen LogP contribution in [0.25, 0.3) is 0 Å². The van der Waals surface area contributed by atoms with E-state index in [1.54, 1.807) is 0 Å². The van der Waals surface area contributed by atoms with Crippen molar-refractivity contribution in [3.63, 3.8) is 0 Å². The standard InChI is InChI=1S/C14H19NO3/c1-10(9-11-5-3-2-4-6-11)12-7-8-13(16)14(12)15(17)18/h2-6,10,12-14,16H,7-9H2,1H3/t10?,12-,13?,14?/m0/s1. The molecule has 0 heterocycles. The Labute approximate surface area is 107 Å². The van der Waals surface area contributed by atoms with E-state index < -0.39 is 12.1 Å². The van der Waals surface area contributed by atoms with Crippen molar-refractivity contribution in [2.45, 2.75) is 38.3 Å². The van der Waals surface area contributed by atoms with Crippen LogP contribution in [0, 0.1) is 22.0 Å². The highest BCUT2D eigenvalue weighted by atomic mass is 16.6. The predicted octanol–water partition coefficient (Wildman–Crippen LogP) is 2.28. The first-order valence-electron chi connectivity index (χ1n) is 6.45. The Morgan fingerprint density at radius 2 is 2.06 bits per heavy atom. The maximum atomic E-state index is 11.0. The molecule has 1 saturated carbocycles. The van der Waals surface area contributed by atoms with E-state index in [0.29, 0.717) is 6.42 Å². The first-order valence-corrected chi connectivity index (χ1v) is 6.45. The van der Waals surface area contributed by atoms with Crippen molar-refractivity contribution in [2.75, 3.05) is 0 Å². The van der Waals surface area contributed by atoms with Crippen LogP contribution in [0.1, 0.15) is 25.3 Å². The zero-order chi connectivity index (χ0) is 13.1. The van der Waals surface area contributed by atoms with Crippen LogP contribution in [0.5, 0.6) is 0 Å². The van der Waals surface area contributed by atoms with Crippen LogP contribution < -0.4 is 0 Å². The number of nitrogens with zero attached hydrogens (tertiary/aromatic N) is 1. The van der Waals surface area contributed by atoms with E-state index in [0.717, 1.165) is 12.8 Å². The topological polar surface area (TPSA) is 63.4 Å². The Bertz CT molecular complexity index is 407. The minimum absolute atomic E-state index is 0.0183. The normalized spacial score (nSPS) is 29.1. The summed E-state index contributed by atoms with van der Waals surface area (Å²) in [4.78, 5) is 10.7. The first-order chi connectivity index (χ1) is 8.59. The summed E-state index contributed by atoms with van der Waals surface area (Å²) in [6.45, 7) is 2.05. The minimum atomic E-state index is -0.788. The van der Waals surface area contributed by atoms with Crippen molar-refractivity contribution < 1.29 is 10.0 Å². The van der Waals surface area contributed by atoms with Crippen LogP contribution in [0.4, 0.5) is 0 Å². The number of hydrogen-bond donors (Lipinski definition) is 1. The molecular formula is C14H19NO3. The molecule has 0 radical (unpaired) electrons. The Morgan fingerprint density at radius 3 is 2.67 bits per heavy atom. The lowest BCUT2D eigenvalue weighted by atomic mass is 9.85. The molecular weight excluding hydrogens is 230 g/mol. The summed E-state index contributed by atoms with van der Waals surface area (Å²) < 4.78 is 0. The molecule has 0 saturated heterocycles. The fourth-order valence-electron chi connectivity index (χ4n) is 3.05. The first kappa shape index (κ1) is 13.0. The van der Waals surface area contributed by atoms with Crippen LogP contribution in [0.2, 0.25) is 0 Å². The third-order valence-electron chi connectivity index (χ3n) is 4.00. The van der Waals surface area contributed by atoms with Gasteiger partial charge in [-0.15, -0.1) is 0 Å². The maximum absolute atomic E-state index is 11.0. The molecule has 98 valence electrons. The molecule has 1 aromatic rings. The van der Waals surface area contributed by atoms with Gasteiger partial charge in [0.25, 0.3) is 0 Å². The van der Waals surface area contributed by atoms with Gasteiger partial charge in [0.2, 0.25) is 6.04 Å². The quantitative estimate of drug-likeness (QED) is 0.657. The van der Waals surface area contributed by atoms with Gasteiger partial charge in [0.05, 0.1) is 0 Å². The summed E-state index contributed by atoms with van der Waals surface area (Å²) in [5.41, 5.74) is 1.20. The summed E-state index contributed by atoms with van der Waals surface area (Å²) in [5, 5.41) is 20.7. The lowest BCUT2D eigenvalue weighted by molar-refractivity contribution is -0.540. The van der Waals surface area contributed by atoms with Gasteiger partial charge in [-0.3, -0.25) is 10.1 Å². The molecule has 1 N–H and O–H groups in total. The largest absolute Gasteiger partial charge is 0.386 e. The Kier molecular flexibility index (Phi) is 3.97. The Balaban J connectivity index is 2.05. The molecule has 3 unspecified atom stereocenters. The average Bonchev–Trinajstić information content (AvgIpc) is 2.72. The van der Waals surface area contributed by atoms with E-state index in [2.05, 4.69) is 0 Å². The number of benzene rings is 1. The van der Waals surface area contributed by atoms with Crippen molar-refractivity contribution in [1.82, 2.24) is 0 Å². The summed E-state index contributed by atoms with van der Waals surface area (Å²) in [5.74, 6) is 0.204. The molecule has 1 aliphatic carbocycles. The smallest absolute Gasteiger partial charge is 0.241 e. The Morgan fingerprint density at radius 1 is 1.39 bits per heavy atom. The van der Waals surface area contributed by atoms with Gasteiger partial charge in [-0.2, -0.15) is 0 Å². The Hall–Kier alpha value is -1.42. The number of rotatable bonds is 4. The molecule has 0 aliphatic heterocycles. The van der Waals surface area contributed by atoms with Crippen LogP contribution in [0.3, 0.4) is 0 Å². The molecule has 4 heteroatoms. The van der Waals surface area contributed by atoms with Crippen molar-refractivity contribution in [2.24, 2.45) is 11.8 Å². The van der Waals surface area contributed by atoms with Crippen molar-refractivity contribution >= 4 is 0 Å². The summed E-state index contributed by atoms with van der Waals surface area (Å²) in [6, 6.07) is 9.23. The van der Waals surface area contributed by atoms with Gasteiger partial charge in [0, 0.05) is 10.8 Å². The van der Waals surface area contributed by atoms with Crippen molar-refractivity contribution in [3.05, 3.63) is 46.0 Å². The number of aliphatic hydroxyl groups excluding tert-OH is 1. The van der Waals surface area contributed by atoms with Crippen LogP contribution in [-0.4, -0.2) is 22.2 Å². The van der Waals surface area contributed by atoms with Gasteiger partial charge in [0.15, 0.2) is 0 Å². The third kappa shape index (κ3) is 2.70. The van der Waals surface area contributed by atoms with Gasteiger partial charge in [-0.25, -0.2) is 0 Å². The summed E-state index contributed by atoms with van der Waals surface area (Å²) in [6.07, 6.45) is 1.36. The second-order valence-electron chi connectivity index (χ2n) is 5.25. The third-order valence-corrected chi connectivity index (χ3v) is 4.00. The molecule has 4 nitrogen and oxygen atoms in total. The number of aliphatic hydroxyl groups is 1. The van der Waals surface area contributed by atoms with Crippen LogP contribution in [0.15, 0.2) is 30.3 Å². The molecule has 0 amide bonds. The van der Waals surface area contributed by atoms with E-state index in [9.17, 15) is 15.2 Å². The van der Waals surface area contributed by atoms with Gasteiger partial charge < -0.3 is 5.11 Å². The zero-order valence-electron chi connectivity index (χ0n) is 10.5. The highest BCUT2D eigenvalue weighted by Crippen LogP contribution is 2.35. The molecule has 0 spiro atoms. The SMILES string of the molecule is CC(Cc1ccccc1)[C@@H]1CCC(O)C1[N+](=O)[O-]. The monoisotopic (exact) mass is 249 g/mol. The molecule has 18 heavy (non-hydrogen) atoms. The molecule has 2 rings (SSSR count). The lowest BCUT2D eigenvalue weighted by Crippen LogP contribution is -2.36. The van der Waals surface area contributed by atoms with Gasteiger partial charge in [0.1, 0.15) is 6.10 Å². The molecule has 0 aromatic heterocycles. The van der Waals surface area contributed by atoms with Crippen molar-refractivity contribution in [1.29, 1.82) is 0 Å². The fraction of sp³-hybridized carbons (Fsp3) is 0.571. The van der Waals surface area contributed by atoms with Crippen LogP contribution >= 0.6 is 0 Å². The van der Waals surface area contributed by atoms with Crippen LogP contribution in [-0.2, 0) is 6.42 Å². The molecule has 0 bridgehead atoms. The number of nitro groups is 1. The lowest BCUT2D eigenvalue weighted by Gasteiger charge is -2.21. The fourth-order valence-corrected chi connectivity index (χ4v) is 3.05. The van der Waals surface area contributed by atoms with E-state index in [1.807, 2.05) is 37.3 Å². The molecule has 1 fully saturated rings. The van der Waals surface area contributed by atoms with Crippen molar-refractivity contribution in [3.8, 4) is 0 Å². The van der Waals surface area contributed by atoms with E-state index in [4.69, 9.17) is 0 Å². The van der Waals surface area contributed by atoms with E-state index >= 15 is 0 Å². The van der Waals surface area contributed by atoms with Gasteiger partial charge in [-0.05, 0) is 30.7 Å². The highest BCUT2D eigenvalue weighted by Gasteiger charge is 2.46. The van der Waals surface area contributed by atoms with Gasteiger partial charge in [-0.1, -0.05) is 37.3 Å². The summed E-state index contributed by atoms with van der Waals surface area (Å²) >= 11 is 0. The minimum Gasteiger partial charge on any atom is -0.386 e. The van der Waals surface area contributed by atoms with E-state index in [-0.39, 0.29) is 16.8 Å². The molecule has 4 atom stereocenters. The maximum Gasteiger partial charge on any atom is 0.241 e. The summed E-state index contributed by atoms with van der Waals surface area (Å²) in [7, 11) is 0. The molecule has 1 aromatic carbocycles. The number of hydrogen-bond acceptors (Lipinski definition) is 3. The van der Waals surface area contributed by atoms with Gasteiger partial charge >= 0.3 is 0 Å². The second-order valence-corrected chi connectivity index (χ2v) is 5.25. The predicted molar refractivity (Wildman–Crippen MR) is 68.8 cm³/mol. The zero-order valence-corrected chi connectivity index (χ0v) is 10.5.